The second kappa shape index (κ2) is 8.14. The number of nitrogens with one attached hydrogen (secondary N) is 2. The molecule has 0 radical (unpaired) electrons. The van der Waals surface area contributed by atoms with Crippen LogP contribution in [0.2, 0.25) is 0 Å². The molecule has 0 aromatic rings. The first-order valence-electron chi connectivity index (χ1n) is 8.29. The van der Waals surface area contributed by atoms with Crippen LogP contribution in [0.5, 0.6) is 0 Å². The monoisotopic (exact) mass is 325 g/mol. The van der Waals surface area contributed by atoms with Crippen LogP contribution in [-0.4, -0.2) is 72.5 Å². The fourth-order valence-corrected chi connectivity index (χ4v) is 3.18. The maximum atomic E-state index is 12.0. The van der Waals surface area contributed by atoms with Gasteiger partial charge in [-0.3, -0.25) is 14.5 Å². The molecule has 8 nitrogen and oxygen atoms in total. The Morgan fingerprint density at radius 2 is 2.00 bits per heavy atom. The maximum Gasteiger partial charge on any atom is 0.315 e. The number of hydrogen-bond acceptors (Lipinski definition) is 4. The van der Waals surface area contributed by atoms with Crippen LogP contribution in [0.1, 0.15) is 32.6 Å². The number of nitrogens with zero attached hydrogens (tertiary/aromatic N) is 2. The molecule has 2 aliphatic rings. The van der Waals surface area contributed by atoms with Crippen LogP contribution in [0.25, 0.3) is 0 Å². The van der Waals surface area contributed by atoms with Gasteiger partial charge in [0.15, 0.2) is 0 Å². The number of urea groups is 1. The molecular formula is C15H27N5O3. The van der Waals surface area contributed by atoms with Gasteiger partial charge >= 0.3 is 6.03 Å². The van der Waals surface area contributed by atoms with Crippen LogP contribution in [0.15, 0.2) is 0 Å². The number of nitrogens with two attached hydrogens (primary N) is 1. The predicted octanol–water partition coefficient (Wildman–Crippen LogP) is -0.754. The van der Waals surface area contributed by atoms with Crippen LogP contribution < -0.4 is 16.4 Å². The van der Waals surface area contributed by atoms with Gasteiger partial charge in [-0.15, -0.1) is 0 Å². The first-order valence-corrected chi connectivity index (χ1v) is 8.29. The minimum absolute atomic E-state index is 0.0769. The zero-order chi connectivity index (χ0) is 16.8. The van der Waals surface area contributed by atoms with Crippen molar-refractivity contribution in [1.29, 1.82) is 0 Å². The maximum absolute atomic E-state index is 12.0. The average molecular weight is 325 g/mol. The Morgan fingerprint density at radius 1 is 1.30 bits per heavy atom. The van der Waals surface area contributed by atoms with E-state index in [0.29, 0.717) is 13.0 Å². The van der Waals surface area contributed by atoms with E-state index in [1.165, 1.54) is 0 Å². The summed E-state index contributed by atoms with van der Waals surface area (Å²) in [6.07, 6.45) is 3.13. The largest absolute Gasteiger partial charge is 0.369 e. The minimum Gasteiger partial charge on any atom is -0.369 e. The molecule has 2 aliphatic heterocycles. The molecule has 1 atom stereocenters. The molecule has 0 bridgehead atoms. The number of likely N-dealkylation sites (tertiary alicyclic amines) is 2. The molecule has 2 fully saturated rings. The summed E-state index contributed by atoms with van der Waals surface area (Å²) < 4.78 is 0. The molecule has 2 rings (SSSR count). The van der Waals surface area contributed by atoms with Gasteiger partial charge in [-0.1, -0.05) is 0 Å². The summed E-state index contributed by atoms with van der Waals surface area (Å²) in [4.78, 5) is 38.3. The lowest BCUT2D eigenvalue weighted by molar-refractivity contribution is -0.128. The lowest BCUT2D eigenvalue weighted by Gasteiger charge is -2.32. The van der Waals surface area contributed by atoms with Crippen molar-refractivity contribution in [1.82, 2.24) is 20.4 Å². The summed E-state index contributed by atoms with van der Waals surface area (Å²) >= 11 is 0. The Balaban J connectivity index is 1.65. The van der Waals surface area contributed by atoms with Gasteiger partial charge in [-0.05, 0) is 26.2 Å². The highest BCUT2D eigenvalue weighted by Crippen LogP contribution is 2.11. The lowest BCUT2D eigenvalue weighted by atomic mass is 10.1. The van der Waals surface area contributed by atoms with Crippen molar-refractivity contribution in [2.75, 3.05) is 32.7 Å². The SMILES string of the molecule is C[C@H](CN1CCCC1=O)NC(=O)NC1CCN(CC(N)=O)CC1. The Kier molecular flexibility index (Phi) is 6.20. The van der Waals surface area contributed by atoms with Gasteiger partial charge in [-0.25, -0.2) is 4.79 Å². The number of carbonyl (C=O) groups is 3. The number of carbonyl (C=O) groups excluding carboxylic acids is 3. The van der Waals surface area contributed by atoms with Gasteiger partial charge in [-0.2, -0.15) is 0 Å². The van der Waals surface area contributed by atoms with E-state index in [4.69, 9.17) is 5.73 Å². The van der Waals surface area contributed by atoms with Crippen LogP contribution >= 0.6 is 0 Å². The molecule has 0 aromatic heterocycles. The molecule has 2 saturated heterocycles. The highest BCUT2D eigenvalue weighted by Gasteiger charge is 2.24. The van der Waals surface area contributed by atoms with Crippen molar-refractivity contribution >= 4 is 17.8 Å². The molecular weight excluding hydrogens is 298 g/mol. The molecule has 4 N–H and O–H groups in total. The predicted molar refractivity (Wildman–Crippen MR) is 85.6 cm³/mol. The second-order valence-corrected chi connectivity index (χ2v) is 6.48. The molecule has 8 heteroatoms. The quantitative estimate of drug-likeness (QED) is 0.597. The summed E-state index contributed by atoms with van der Waals surface area (Å²) in [7, 11) is 0. The summed E-state index contributed by atoms with van der Waals surface area (Å²) in [6.45, 7) is 5.03. The smallest absolute Gasteiger partial charge is 0.315 e. The van der Waals surface area contributed by atoms with E-state index in [0.717, 1.165) is 38.9 Å². The number of rotatable bonds is 6. The molecule has 0 saturated carbocycles. The molecule has 0 aliphatic carbocycles. The summed E-state index contributed by atoms with van der Waals surface area (Å²) in [5.41, 5.74) is 5.18. The number of amides is 4. The van der Waals surface area contributed by atoms with Crippen molar-refractivity contribution < 1.29 is 14.4 Å². The lowest BCUT2D eigenvalue weighted by Crippen LogP contribution is -2.52. The van der Waals surface area contributed by atoms with Crippen LogP contribution in [0.4, 0.5) is 4.79 Å². The van der Waals surface area contributed by atoms with Gasteiger partial charge in [0, 0.05) is 44.7 Å². The highest BCUT2D eigenvalue weighted by molar-refractivity contribution is 5.78. The van der Waals surface area contributed by atoms with Crippen molar-refractivity contribution in [3.05, 3.63) is 0 Å². The normalized spacial score (nSPS) is 21.3. The third-order valence-electron chi connectivity index (χ3n) is 4.35. The van der Waals surface area contributed by atoms with Gasteiger partial charge in [0.2, 0.25) is 11.8 Å². The summed E-state index contributed by atoms with van der Waals surface area (Å²) in [6, 6.07) is -0.163. The molecule has 2 heterocycles. The highest BCUT2D eigenvalue weighted by atomic mass is 16.2. The van der Waals surface area contributed by atoms with Crippen molar-refractivity contribution in [3.63, 3.8) is 0 Å². The van der Waals surface area contributed by atoms with Crippen LogP contribution in [-0.2, 0) is 9.59 Å². The van der Waals surface area contributed by atoms with Gasteiger partial charge in [0.25, 0.3) is 0 Å². The average Bonchev–Trinajstić information content (AvgIpc) is 2.85. The van der Waals surface area contributed by atoms with Crippen LogP contribution in [0.3, 0.4) is 0 Å². The number of hydrogen-bond donors (Lipinski definition) is 3. The van der Waals surface area contributed by atoms with Crippen LogP contribution in [0, 0.1) is 0 Å². The third-order valence-corrected chi connectivity index (χ3v) is 4.35. The van der Waals surface area contributed by atoms with Crippen molar-refractivity contribution in [3.8, 4) is 0 Å². The molecule has 0 aromatic carbocycles. The zero-order valence-corrected chi connectivity index (χ0v) is 13.7. The van der Waals surface area contributed by atoms with E-state index in [9.17, 15) is 14.4 Å². The Labute approximate surface area is 136 Å². The number of primary amides is 1. The zero-order valence-electron chi connectivity index (χ0n) is 13.7. The Morgan fingerprint density at radius 3 is 2.57 bits per heavy atom. The topological polar surface area (TPSA) is 108 Å². The standard InChI is InChI=1S/C15H27N5O3/c1-11(9-20-6-2-3-14(20)22)17-15(23)18-12-4-7-19(8-5-12)10-13(16)21/h11-12H,2-10H2,1H3,(H2,16,21)(H2,17,18,23)/t11-/m1/s1. The van der Waals surface area contributed by atoms with E-state index in [1.807, 2.05) is 11.8 Å². The molecule has 130 valence electrons. The van der Waals surface area contributed by atoms with E-state index >= 15 is 0 Å². The van der Waals surface area contributed by atoms with E-state index in [1.54, 1.807) is 4.90 Å². The first kappa shape index (κ1) is 17.5. The van der Waals surface area contributed by atoms with E-state index in [-0.39, 0.29) is 36.5 Å². The number of piperidine rings is 1. The van der Waals surface area contributed by atoms with Gasteiger partial charge < -0.3 is 21.3 Å². The second-order valence-electron chi connectivity index (χ2n) is 6.48. The Bertz CT molecular complexity index is 448. The van der Waals surface area contributed by atoms with Crippen molar-refractivity contribution in [2.45, 2.75) is 44.7 Å². The minimum atomic E-state index is -0.320. The molecule has 0 unspecified atom stereocenters. The third kappa shape index (κ3) is 5.70. The fourth-order valence-electron chi connectivity index (χ4n) is 3.18. The fraction of sp³-hybridized carbons (Fsp3) is 0.800. The van der Waals surface area contributed by atoms with Crippen molar-refractivity contribution in [2.24, 2.45) is 5.73 Å². The Hall–Kier alpha value is -1.83. The molecule has 4 amide bonds. The van der Waals surface area contributed by atoms with Gasteiger partial charge in [0.05, 0.1) is 6.54 Å². The molecule has 0 spiro atoms. The van der Waals surface area contributed by atoms with Gasteiger partial charge in [0.1, 0.15) is 0 Å². The van der Waals surface area contributed by atoms with E-state index < -0.39 is 0 Å². The summed E-state index contributed by atoms with van der Waals surface area (Å²) in [5, 5.41) is 5.85. The molecule has 23 heavy (non-hydrogen) atoms. The summed E-state index contributed by atoms with van der Waals surface area (Å²) in [5.74, 6) is -0.152. The van der Waals surface area contributed by atoms with E-state index in [2.05, 4.69) is 10.6 Å². The first-order chi connectivity index (χ1) is 10.9.